The number of amides is 1. The Morgan fingerprint density at radius 1 is 1.45 bits per heavy atom. The van der Waals surface area contributed by atoms with Gasteiger partial charge in [0.1, 0.15) is 6.04 Å². The van der Waals surface area contributed by atoms with Crippen LogP contribution in [0.25, 0.3) is 0 Å². The number of thiophene rings is 1. The zero-order valence-corrected chi connectivity index (χ0v) is 12.7. The van der Waals surface area contributed by atoms with E-state index >= 15 is 0 Å². The van der Waals surface area contributed by atoms with Crippen LogP contribution in [0.1, 0.15) is 4.88 Å². The second kappa shape index (κ2) is 5.71. The van der Waals surface area contributed by atoms with Crippen LogP contribution in [0.2, 0.25) is 4.34 Å². The molecule has 1 aliphatic rings. The summed E-state index contributed by atoms with van der Waals surface area (Å²) in [5.74, 6) is -2.43. The van der Waals surface area contributed by atoms with Gasteiger partial charge in [0.25, 0.3) is 0 Å². The molecule has 2 rings (SSSR count). The van der Waals surface area contributed by atoms with Gasteiger partial charge in [-0.25, -0.2) is 13.2 Å². The summed E-state index contributed by atoms with van der Waals surface area (Å²) in [7, 11) is -3.41. The summed E-state index contributed by atoms with van der Waals surface area (Å²) in [5.41, 5.74) is 0. The molecule has 1 saturated heterocycles. The highest BCUT2D eigenvalue weighted by Crippen LogP contribution is 2.23. The number of hydrogen-bond acceptors (Lipinski definition) is 5. The van der Waals surface area contributed by atoms with E-state index < -0.39 is 33.5 Å². The number of carbonyl (C=O) groups excluding carboxylic acids is 1. The summed E-state index contributed by atoms with van der Waals surface area (Å²) in [5, 5.41) is 9.08. The van der Waals surface area contributed by atoms with Gasteiger partial charge >= 0.3 is 5.97 Å². The van der Waals surface area contributed by atoms with Crippen LogP contribution in [0.4, 0.5) is 0 Å². The number of carbonyl (C=O) groups is 2. The molecule has 1 fully saturated rings. The molecule has 1 amide bonds. The highest BCUT2D eigenvalue weighted by Gasteiger charge is 2.38. The average molecular weight is 338 g/mol. The molecule has 1 aromatic heterocycles. The van der Waals surface area contributed by atoms with Crippen LogP contribution in [0.3, 0.4) is 0 Å². The molecule has 6 nitrogen and oxygen atoms in total. The van der Waals surface area contributed by atoms with E-state index in [2.05, 4.69) is 0 Å². The Hall–Kier alpha value is -1.12. The third-order valence-electron chi connectivity index (χ3n) is 2.99. The van der Waals surface area contributed by atoms with Crippen LogP contribution >= 0.6 is 22.9 Å². The molecular formula is C11H12ClNO5S2. The molecule has 1 atom stereocenters. The molecule has 0 aliphatic carbocycles. The van der Waals surface area contributed by atoms with Gasteiger partial charge in [-0.05, 0) is 12.1 Å². The van der Waals surface area contributed by atoms with E-state index in [1.54, 1.807) is 12.1 Å². The highest BCUT2D eigenvalue weighted by molar-refractivity contribution is 7.91. The number of aliphatic carboxylic acids is 1. The van der Waals surface area contributed by atoms with Gasteiger partial charge in [-0.3, -0.25) is 4.79 Å². The van der Waals surface area contributed by atoms with Gasteiger partial charge in [0, 0.05) is 11.4 Å². The van der Waals surface area contributed by atoms with Crippen molar-refractivity contribution in [1.82, 2.24) is 4.90 Å². The largest absolute Gasteiger partial charge is 0.480 e. The van der Waals surface area contributed by atoms with Crippen molar-refractivity contribution < 1.29 is 23.1 Å². The maximum Gasteiger partial charge on any atom is 0.327 e. The fourth-order valence-corrected chi connectivity index (χ4v) is 4.53. The van der Waals surface area contributed by atoms with Crippen LogP contribution in [0.5, 0.6) is 0 Å². The summed E-state index contributed by atoms with van der Waals surface area (Å²) in [6.45, 7) is -0.0861. The SMILES string of the molecule is O=C(O)C1CS(=O)(=O)CCN1C(=O)Cc1ccc(Cl)s1. The van der Waals surface area contributed by atoms with Crippen molar-refractivity contribution in [3.8, 4) is 0 Å². The van der Waals surface area contributed by atoms with Crippen molar-refractivity contribution in [2.24, 2.45) is 0 Å². The predicted octanol–water partition coefficient (Wildman–Crippen LogP) is 0.654. The minimum atomic E-state index is -3.41. The lowest BCUT2D eigenvalue weighted by Gasteiger charge is -2.32. The lowest BCUT2D eigenvalue weighted by Crippen LogP contribution is -2.55. The number of rotatable bonds is 3. The van der Waals surface area contributed by atoms with Crippen molar-refractivity contribution in [3.05, 3.63) is 21.3 Å². The number of sulfone groups is 1. The monoisotopic (exact) mass is 337 g/mol. The number of halogens is 1. The molecule has 2 heterocycles. The summed E-state index contributed by atoms with van der Waals surface area (Å²) < 4.78 is 23.5. The first-order valence-electron chi connectivity index (χ1n) is 5.75. The molecule has 110 valence electrons. The zero-order valence-electron chi connectivity index (χ0n) is 10.3. The molecule has 0 spiro atoms. The van der Waals surface area contributed by atoms with E-state index in [4.69, 9.17) is 16.7 Å². The van der Waals surface area contributed by atoms with E-state index in [0.717, 1.165) is 9.78 Å². The summed E-state index contributed by atoms with van der Waals surface area (Å²) in [4.78, 5) is 25.1. The van der Waals surface area contributed by atoms with Gasteiger partial charge in [0.05, 0.1) is 22.3 Å². The van der Waals surface area contributed by atoms with Gasteiger partial charge in [-0.2, -0.15) is 0 Å². The Balaban J connectivity index is 2.13. The third-order valence-corrected chi connectivity index (χ3v) is 5.85. The Morgan fingerprint density at radius 3 is 2.70 bits per heavy atom. The third kappa shape index (κ3) is 3.50. The summed E-state index contributed by atoms with van der Waals surface area (Å²) in [6.07, 6.45) is 0.0290. The fourth-order valence-electron chi connectivity index (χ4n) is 2.01. The van der Waals surface area contributed by atoms with Gasteiger partial charge in [-0.1, -0.05) is 11.6 Å². The minimum absolute atomic E-state index is 0.0290. The highest BCUT2D eigenvalue weighted by atomic mass is 35.5. The van der Waals surface area contributed by atoms with Crippen molar-refractivity contribution in [2.45, 2.75) is 12.5 Å². The first-order chi connectivity index (χ1) is 9.28. The van der Waals surface area contributed by atoms with Crippen molar-refractivity contribution in [2.75, 3.05) is 18.1 Å². The van der Waals surface area contributed by atoms with Crippen LogP contribution in [0, 0.1) is 0 Å². The summed E-state index contributed by atoms with van der Waals surface area (Å²) in [6, 6.07) is 2.04. The molecule has 1 aliphatic heterocycles. The number of nitrogens with zero attached hydrogens (tertiary/aromatic N) is 1. The summed E-state index contributed by atoms with van der Waals surface area (Å²) >= 11 is 7.01. The van der Waals surface area contributed by atoms with Crippen molar-refractivity contribution in [1.29, 1.82) is 0 Å². The van der Waals surface area contributed by atoms with Crippen LogP contribution in [0.15, 0.2) is 12.1 Å². The molecule has 0 bridgehead atoms. The normalized spacial score (nSPS) is 21.6. The lowest BCUT2D eigenvalue weighted by molar-refractivity contribution is -0.149. The maximum absolute atomic E-state index is 12.1. The number of carboxylic acids is 1. The molecule has 0 radical (unpaired) electrons. The topological polar surface area (TPSA) is 91.8 Å². The fraction of sp³-hybridized carbons (Fsp3) is 0.455. The van der Waals surface area contributed by atoms with Gasteiger partial charge < -0.3 is 10.0 Å². The molecule has 0 saturated carbocycles. The Morgan fingerprint density at radius 2 is 2.15 bits per heavy atom. The van der Waals surface area contributed by atoms with Crippen molar-refractivity contribution >= 4 is 44.7 Å². The predicted molar refractivity (Wildman–Crippen MR) is 74.8 cm³/mol. The van der Waals surface area contributed by atoms with E-state index in [1.807, 2.05) is 0 Å². The molecule has 1 unspecified atom stereocenters. The molecule has 0 aromatic carbocycles. The van der Waals surface area contributed by atoms with Crippen LogP contribution in [-0.4, -0.2) is 54.4 Å². The Kier molecular flexibility index (Phi) is 4.36. The van der Waals surface area contributed by atoms with Gasteiger partial charge in [0.15, 0.2) is 9.84 Å². The second-order valence-corrected chi connectivity index (χ2v) is 8.47. The maximum atomic E-state index is 12.1. The number of carboxylic acid groups (broad SMARTS) is 1. The van der Waals surface area contributed by atoms with E-state index in [9.17, 15) is 18.0 Å². The first kappa shape index (κ1) is 15.3. The Bertz CT molecular complexity index is 639. The van der Waals surface area contributed by atoms with Crippen LogP contribution in [-0.2, 0) is 25.8 Å². The quantitative estimate of drug-likeness (QED) is 0.874. The molecule has 1 aromatic rings. The molecule has 1 N–H and O–H groups in total. The van der Waals surface area contributed by atoms with E-state index in [1.165, 1.54) is 11.3 Å². The second-order valence-electron chi connectivity index (χ2n) is 4.44. The lowest BCUT2D eigenvalue weighted by atomic mass is 10.2. The van der Waals surface area contributed by atoms with Crippen LogP contribution < -0.4 is 0 Å². The molecule has 20 heavy (non-hydrogen) atoms. The van der Waals surface area contributed by atoms with Crippen molar-refractivity contribution in [3.63, 3.8) is 0 Å². The Labute approximate surface area is 124 Å². The molecular weight excluding hydrogens is 326 g/mol. The van der Waals surface area contributed by atoms with E-state index in [0.29, 0.717) is 4.34 Å². The van der Waals surface area contributed by atoms with E-state index in [-0.39, 0.29) is 18.7 Å². The minimum Gasteiger partial charge on any atom is -0.480 e. The average Bonchev–Trinajstić information content (AvgIpc) is 2.73. The first-order valence-corrected chi connectivity index (χ1v) is 8.77. The standard InChI is InChI=1S/C11H12ClNO5S2/c12-9-2-1-7(19-9)5-10(14)13-3-4-20(17,18)6-8(13)11(15)16/h1-2,8H,3-6H2,(H,15,16). The van der Waals surface area contributed by atoms with Gasteiger partial charge in [0.2, 0.25) is 5.91 Å². The smallest absolute Gasteiger partial charge is 0.327 e. The van der Waals surface area contributed by atoms with Gasteiger partial charge in [-0.15, -0.1) is 11.3 Å². The molecule has 9 heteroatoms. The number of hydrogen-bond donors (Lipinski definition) is 1. The zero-order chi connectivity index (χ0) is 14.9.